The van der Waals surface area contributed by atoms with Gasteiger partial charge in [0, 0.05) is 13.1 Å². The van der Waals surface area contributed by atoms with E-state index in [0.717, 1.165) is 5.52 Å². The predicted octanol–water partition coefficient (Wildman–Crippen LogP) is 1.02. The standard InChI is InChI=1S/C7H5N3/c1-5-9-6-3-2-4-8-7(6)10-5/h1-4H,(H,8,9,10). The second kappa shape index (κ2) is 1.80. The molecule has 0 aromatic carbocycles. The van der Waals surface area contributed by atoms with Crippen LogP contribution in [-0.2, 0) is 0 Å². The quantitative estimate of drug-likeness (QED) is 0.579. The zero-order valence-corrected chi connectivity index (χ0v) is 5.20. The van der Waals surface area contributed by atoms with Crippen molar-refractivity contribution in [3.8, 4) is 0 Å². The Hall–Kier alpha value is -1.38. The number of imidazole rings is 1. The number of rotatable bonds is 0. The van der Waals surface area contributed by atoms with Gasteiger partial charge in [-0.25, -0.2) is 9.97 Å². The molecule has 0 amide bonds. The number of fused-ring (bicyclic) bond motifs is 1. The fourth-order valence-electron chi connectivity index (χ4n) is 0.864. The van der Waals surface area contributed by atoms with Crippen molar-refractivity contribution in [2.75, 3.05) is 0 Å². The van der Waals surface area contributed by atoms with Gasteiger partial charge in [-0.05, 0) is 12.1 Å². The number of nitrogens with one attached hydrogen (secondary N) is 1. The normalized spacial score (nSPS) is 10.5. The average molecular weight is 131 g/mol. The molecule has 2 aromatic rings. The van der Waals surface area contributed by atoms with E-state index < -0.39 is 0 Å². The number of pyridine rings is 1. The van der Waals surface area contributed by atoms with E-state index >= 15 is 0 Å². The third-order valence-electron chi connectivity index (χ3n) is 1.28. The lowest BCUT2D eigenvalue weighted by Gasteiger charge is -1.80. The van der Waals surface area contributed by atoms with Gasteiger partial charge in [0.1, 0.15) is 5.82 Å². The fraction of sp³-hybridized carbons (Fsp3) is 0. The summed E-state index contributed by atoms with van der Waals surface area (Å²) in [5.41, 5.74) is 1.54. The fourth-order valence-corrected chi connectivity index (χ4v) is 0.864. The molecule has 3 nitrogen and oxygen atoms in total. The number of aromatic nitrogens is 3. The number of hydrogen-bond acceptors (Lipinski definition) is 2. The van der Waals surface area contributed by atoms with Gasteiger partial charge in [0.15, 0.2) is 5.65 Å². The molecule has 10 heavy (non-hydrogen) atoms. The van der Waals surface area contributed by atoms with E-state index in [-0.39, 0.29) is 0 Å². The minimum atomic E-state index is 0.411. The first kappa shape index (κ1) is 5.41. The van der Waals surface area contributed by atoms with E-state index in [1.807, 2.05) is 12.1 Å². The molecule has 2 aromatic heterocycles. The van der Waals surface area contributed by atoms with Crippen molar-refractivity contribution in [2.24, 2.45) is 0 Å². The molecule has 0 aliphatic heterocycles. The molecule has 1 N–H and O–H groups in total. The Bertz CT molecular complexity index is 317. The summed E-state index contributed by atoms with van der Waals surface area (Å²) >= 11 is 0. The summed E-state index contributed by atoms with van der Waals surface area (Å²) in [4.78, 5) is 10.8. The zero-order valence-electron chi connectivity index (χ0n) is 5.20. The van der Waals surface area contributed by atoms with Crippen LogP contribution in [0.25, 0.3) is 11.2 Å². The number of H-pyrrole nitrogens is 1. The largest absolute Gasteiger partial charge is 0.340 e. The van der Waals surface area contributed by atoms with E-state index in [1.165, 1.54) is 0 Å². The van der Waals surface area contributed by atoms with Crippen LogP contribution in [0, 0.1) is 6.92 Å². The highest BCUT2D eigenvalue weighted by Gasteiger charge is 1.95. The third kappa shape index (κ3) is 0.673. The van der Waals surface area contributed by atoms with Gasteiger partial charge in [-0.1, -0.05) is 0 Å². The molecule has 0 atom stereocenters. The Morgan fingerprint density at radius 3 is 3.20 bits per heavy atom. The summed E-state index contributed by atoms with van der Waals surface area (Å²) < 4.78 is 0. The molecule has 0 saturated carbocycles. The van der Waals surface area contributed by atoms with Crippen LogP contribution < -0.4 is 0 Å². The number of nitrogens with zero attached hydrogens (tertiary/aromatic N) is 2. The van der Waals surface area contributed by atoms with Gasteiger partial charge in [-0.3, -0.25) is 0 Å². The van der Waals surface area contributed by atoms with Crippen molar-refractivity contribution >= 4 is 11.2 Å². The monoisotopic (exact) mass is 131 g/mol. The van der Waals surface area contributed by atoms with Crippen LogP contribution in [0.2, 0.25) is 0 Å². The molecule has 0 fully saturated rings. The summed E-state index contributed by atoms with van der Waals surface area (Å²) in [5, 5.41) is 0. The molecular weight excluding hydrogens is 126 g/mol. The number of hydrogen-bond donors (Lipinski definition) is 1. The Morgan fingerprint density at radius 2 is 2.40 bits per heavy atom. The van der Waals surface area contributed by atoms with Crippen LogP contribution in [0.3, 0.4) is 0 Å². The lowest BCUT2D eigenvalue weighted by molar-refractivity contribution is 1.24. The summed E-state index contributed by atoms with van der Waals surface area (Å²) in [6.07, 6.45) is 1.68. The first-order valence-corrected chi connectivity index (χ1v) is 2.92. The summed E-state index contributed by atoms with van der Waals surface area (Å²) in [5.74, 6) is 0.411. The Labute approximate surface area is 58.1 Å². The molecule has 0 unspecified atom stereocenters. The van der Waals surface area contributed by atoms with E-state index in [9.17, 15) is 0 Å². The van der Waals surface area contributed by atoms with E-state index in [1.54, 1.807) is 6.20 Å². The van der Waals surface area contributed by atoms with Crippen LogP contribution >= 0.6 is 0 Å². The third-order valence-corrected chi connectivity index (χ3v) is 1.28. The maximum absolute atomic E-state index is 5.38. The van der Waals surface area contributed by atoms with Gasteiger partial charge in [-0.15, -0.1) is 0 Å². The molecule has 48 valence electrons. The van der Waals surface area contributed by atoms with Crippen molar-refractivity contribution < 1.29 is 0 Å². The zero-order chi connectivity index (χ0) is 6.97. The molecular formula is C7H5N3. The highest BCUT2D eigenvalue weighted by atomic mass is 15.0. The van der Waals surface area contributed by atoms with Crippen molar-refractivity contribution in [1.82, 2.24) is 15.0 Å². The van der Waals surface area contributed by atoms with Crippen molar-refractivity contribution in [1.29, 1.82) is 0 Å². The molecule has 0 bridgehead atoms. The van der Waals surface area contributed by atoms with Crippen molar-refractivity contribution in [3.63, 3.8) is 0 Å². The van der Waals surface area contributed by atoms with E-state index in [0.29, 0.717) is 11.5 Å². The van der Waals surface area contributed by atoms with Crippen molar-refractivity contribution in [3.05, 3.63) is 31.1 Å². The minimum absolute atomic E-state index is 0.411. The first-order valence-electron chi connectivity index (χ1n) is 2.92. The molecule has 0 aliphatic carbocycles. The molecule has 0 spiro atoms. The SMILES string of the molecule is [CH]c1nc2ncccc2[nH]1. The minimum Gasteiger partial charge on any atom is -0.340 e. The Morgan fingerprint density at radius 1 is 1.50 bits per heavy atom. The predicted molar refractivity (Wildman–Crippen MR) is 37.3 cm³/mol. The molecule has 0 aliphatic rings. The Balaban J connectivity index is 2.88. The highest BCUT2D eigenvalue weighted by Crippen LogP contribution is 2.05. The lowest BCUT2D eigenvalue weighted by Crippen LogP contribution is -1.72. The van der Waals surface area contributed by atoms with Crippen LogP contribution in [0.15, 0.2) is 18.3 Å². The van der Waals surface area contributed by atoms with Gasteiger partial charge >= 0.3 is 0 Å². The summed E-state index contributed by atoms with van der Waals surface area (Å²) in [7, 11) is 0. The van der Waals surface area contributed by atoms with E-state index in [2.05, 4.69) is 15.0 Å². The molecule has 3 heteroatoms. The summed E-state index contributed by atoms with van der Waals surface area (Å²) in [6, 6.07) is 3.71. The second-order valence-corrected chi connectivity index (χ2v) is 2.00. The van der Waals surface area contributed by atoms with Gasteiger partial charge in [0.05, 0.1) is 5.52 Å². The maximum atomic E-state index is 5.38. The Kier molecular flexibility index (Phi) is 0.974. The van der Waals surface area contributed by atoms with Crippen molar-refractivity contribution in [2.45, 2.75) is 0 Å². The molecule has 2 heterocycles. The second-order valence-electron chi connectivity index (χ2n) is 2.00. The van der Waals surface area contributed by atoms with Crippen LogP contribution in [0.1, 0.15) is 5.82 Å². The first-order chi connectivity index (χ1) is 4.86. The topological polar surface area (TPSA) is 41.6 Å². The molecule has 2 rings (SSSR count). The van der Waals surface area contributed by atoms with Crippen LogP contribution in [0.5, 0.6) is 0 Å². The van der Waals surface area contributed by atoms with Gasteiger partial charge in [0.25, 0.3) is 0 Å². The smallest absolute Gasteiger partial charge is 0.177 e. The molecule has 0 saturated heterocycles. The van der Waals surface area contributed by atoms with Crippen LogP contribution in [-0.4, -0.2) is 15.0 Å². The molecule has 2 radical (unpaired) electrons. The highest BCUT2D eigenvalue weighted by molar-refractivity contribution is 5.69. The summed E-state index contributed by atoms with van der Waals surface area (Å²) in [6.45, 7) is 5.38. The van der Waals surface area contributed by atoms with E-state index in [4.69, 9.17) is 6.92 Å². The van der Waals surface area contributed by atoms with Gasteiger partial charge in [0.2, 0.25) is 0 Å². The van der Waals surface area contributed by atoms with Gasteiger partial charge in [-0.2, -0.15) is 0 Å². The van der Waals surface area contributed by atoms with Gasteiger partial charge < -0.3 is 4.98 Å². The number of aromatic amines is 1. The van der Waals surface area contributed by atoms with Crippen LogP contribution in [0.4, 0.5) is 0 Å². The average Bonchev–Trinajstić information content (AvgIpc) is 2.27. The lowest BCUT2D eigenvalue weighted by atomic mass is 10.4. The maximum Gasteiger partial charge on any atom is 0.177 e.